The van der Waals surface area contributed by atoms with Crippen molar-refractivity contribution in [3.05, 3.63) is 7.43 Å². The molecular weight excluding hydrogens is 396 g/mol. The van der Waals surface area contributed by atoms with Crippen molar-refractivity contribution in [2.45, 2.75) is 113 Å². The first-order valence-electron chi connectivity index (χ1n) is 9.47. The van der Waals surface area contributed by atoms with Crippen molar-refractivity contribution in [1.29, 1.82) is 0 Å². The monoisotopic (exact) mass is 435 g/mol. The SMILES string of the molecule is C1CCC([PH+](C2CCCCC2)C2CCCCC2)CC1.[CH3-].[Cl][RuH2]. The van der Waals surface area contributed by atoms with E-state index < -0.39 is 0 Å². The van der Waals surface area contributed by atoms with Gasteiger partial charge in [-0.2, -0.15) is 0 Å². The topological polar surface area (TPSA) is 0 Å². The Kier molecular flexibility index (Phi) is 12.3. The number of hydrogen-bond donors (Lipinski definition) is 0. The summed E-state index contributed by atoms with van der Waals surface area (Å²) in [5, 5.41) is 0. The summed E-state index contributed by atoms with van der Waals surface area (Å²) in [7, 11) is 4.60. The molecule has 0 bridgehead atoms. The number of halogens is 1. The summed E-state index contributed by atoms with van der Waals surface area (Å²) >= 11 is 1.42. The van der Waals surface area contributed by atoms with Crippen molar-refractivity contribution >= 4 is 17.6 Å². The van der Waals surface area contributed by atoms with E-state index in [1.54, 1.807) is 96.3 Å². The van der Waals surface area contributed by atoms with E-state index in [-0.39, 0.29) is 15.3 Å². The molecule has 0 atom stereocenters. The van der Waals surface area contributed by atoms with E-state index >= 15 is 0 Å². The average Bonchev–Trinajstić information content (AvgIpc) is 2.60. The van der Waals surface area contributed by atoms with Gasteiger partial charge in [0.25, 0.3) is 0 Å². The summed E-state index contributed by atoms with van der Waals surface area (Å²) in [5.41, 5.74) is 3.68. The molecule has 0 unspecified atom stereocenters. The molecule has 3 rings (SSSR count). The summed E-state index contributed by atoms with van der Waals surface area (Å²) in [4.78, 5) is 0. The molecule has 0 saturated heterocycles. The molecular formula is C19H39ClPRu. The van der Waals surface area contributed by atoms with Gasteiger partial charge in [-0.3, -0.25) is 0 Å². The first kappa shape index (κ1) is 21.4. The van der Waals surface area contributed by atoms with E-state index in [0.29, 0.717) is 0 Å². The Labute approximate surface area is 155 Å². The Balaban J connectivity index is 0.000000775. The van der Waals surface area contributed by atoms with E-state index in [9.17, 15) is 0 Å². The molecule has 0 aromatic heterocycles. The number of rotatable bonds is 3. The van der Waals surface area contributed by atoms with Gasteiger partial charge in [0.15, 0.2) is 0 Å². The molecule has 0 amide bonds. The molecule has 135 valence electrons. The Hall–Kier alpha value is 1.34. The Bertz CT molecular complexity index is 213. The van der Waals surface area contributed by atoms with Gasteiger partial charge in [0.05, 0.1) is 17.0 Å². The summed E-state index contributed by atoms with van der Waals surface area (Å²) in [6.45, 7) is 0. The molecule has 3 aliphatic rings. The Morgan fingerprint density at radius 2 is 0.727 bits per heavy atom. The van der Waals surface area contributed by atoms with Crippen molar-refractivity contribution < 1.29 is 17.3 Å². The molecule has 0 aromatic carbocycles. The minimum atomic E-state index is -0.0465. The van der Waals surface area contributed by atoms with Gasteiger partial charge in [0.2, 0.25) is 0 Å². The molecule has 3 heteroatoms. The van der Waals surface area contributed by atoms with Crippen LogP contribution in [0.25, 0.3) is 0 Å². The van der Waals surface area contributed by atoms with E-state index in [0.717, 1.165) is 0 Å². The maximum absolute atomic E-state index is 4.65. The molecule has 3 saturated carbocycles. The van der Waals surface area contributed by atoms with Crippen LogP contribution in [0.2, 0.25) is 0 Å². The second kappa shape index (κ2) is 12.7. The van der Waals surface area contributed by atoms with Gasteiger partial charge in [0, 0.05) is 7.92 Å². The van der Waals surface area contributed by atoms with E-state index in [1.165, 1.54) is 34.3 Å². The van der Waals surface area contributed by atoms with Crippen LogP contribution in [0.3, 0.4) is 0 Å². The van der Waals surface area contributed by atoms with Crippen LogP contribution in [0, 0.1) is 7.43 Å². The number of hydrogen-bond acceptors (Lipinski definition) is 0. The van der Waals surface area contributed by atoms with E-state index in [4.69, 9.17) is 0 Å². The van der Waals surface area contributed by atoms with Gasteiger partial charge in [0.1, 0.15) is 0 Å². The zero-order chi connectivity index (χ0) is 14.9. The molecule has 0 aromatic rings. The molecule has 22 heavy (non-hydrogen) atoms. The van der Waals surface area contributed by atoms with Crippen molar-refractivity contribution in [1.82, 2.24) is 0 Å². The van der Waals surface area contributed by atoms with Gasteiger partial charge in [-0.1, -0.05) is 19.3 Å². The van der Waals surface area contributed by atoms with E-state index in [1.807, 2.05) is 0 Å². The van der Waals surface area contributed by atoms with E-state index in [2.05, 4.69) is 9.69 Å². The second-order valence-corrected chi connectivity index (χ2v) is 11.0. The van der Waals surface area contributed by atoms with Crippen LogP contribution in [0.4, 0.5) is 0 Å². The molecule has 0 spiro atoms. The zero-order valence-corrected chi connectivity index (χ0v) is 18.4. The van der Waals surface area contributed by atoms with Gasteiger partial charge in [-0.15, -0.1) is 0 Å². The standard InChI is InChI=1S/C18H33P.CH3.ClH.Ru.2H/c1-4-10-16(11-5-1)19(17-12-6-2-7-13-17)18-14-8-3-9-15-18;;;;;/h16-18H,1-15H2;1H3;1H;;;/q;-1;;+1;;. The van der Waals surface area contributed by atoms with Gasteiger partial charge >= 0.3 is 27.0 Å². The summed E-state index contributed by atoms with van der Waals surface area (Å²) in [5.74, 6) is 0. The van der Waals surface area contributed by atoms with Crippen molar-refractivity contribution in [3.63, 3.8) is 0 Å². The maximum atomic E-state index is 4.65. The first-order chi connectivity index (χ1) is 10.4. The predicted molar refractivity (Wildman–Crippen MR) is 104 cm³/mol. The van der Waals surface area contributed by atoms with Crippen molar-refractivity contribution in [3.8, 4) is 0 Å². The van der Waals surface area contributed by atoms with Crippen LogP contribution < -0.4 is 0 Å². The molecule has 3 aliphatic carbocycles. The van der Waals surface area contributed by atoms with Gasteiger partial charge < -0.3 is 7.43 Å². The van der Waals surface area contributed by atoms with Crippen LogP contribution in [-0.2, 0) is 17.3 Å². The first-order valence-corrected chi connectivity index (χ1v) is 13.8. The summed E-state index contributed by atoms with van der Waals surface area (Å²) < 4.78 is 0. The van der Waals surface area contributed by atoms with Crippen LogP contribution in [0.1, 0.15) is 96.3 Å². The minimum absolute atomic E-state index is 0. The van der Waals surface area contributed by atoms with Crippen LogP contribution in [0.5, 0.6) is 0 Å². The van der Waals surface area contributed by atoms with Crippen LogP contribution >= 0.6 is 17.6 Å². The third-order valence-electron chi connectivity index (χ3n) is 6.23. The molecule has 0 N–H and O–H groups in total. The molecule has 0 heterocycles. The van der Waals surface area contributed by atoms with Crippen molar-refractivity contribution in [2.24, 2.45) is 0 Å². The Morgan fingerprint density at radius 1 is 0.500 bits per heavy atom. The third-order valence-corrected chi connectivity index (χ3v) is 10.8. The third kappa shape index (κ3) is 6.33. The summed E-state index contributed by atoms with van der Waals surface area (Å²) in [6, 6.07) is 0. The predicted octanol–water partition coefficient (Wildman–Crippen LogP) is 6.80. The Morgan fingerprint density at radius 3 is 0.955 bits per heavy atom. The average molecular weight is 435 g/mol. The quantitative estimate of drug-likeness (QED) is 0.260. The fourth-order valence-electron chi connectivity index (χ4n) is 5.31. The van der Waals surface area contributed by atoms with Crippen LogP contribution in [-0.4, -0.2) is 17.0 Å². The van der Waals surface area contributed by atoms with Gasteiger partial charge in [-0.25, -0.2) is 0 Å². The fraction of sp³-hybridized carbons (Fsp3) is 0.947. The van der Waals surface area contributed by atoms with Crippen LogP contribution in [0.15, 0.2) is 0 Å². The molecule has 0 radical (unpaired) electrons. The summed E-state index contributed by atoms with van der Waals surface area (Å²) in [6.07, 6.45) is 23.8. The van der Waals surface area contributed by atoms with Gasteiger partial charge in [-0.05, 0) is 77.0 Å². The molecule has 0 nitrogen and oxygen atoms in total. The van der Waals surface area contributed by atoms with Crippen molar-refractivity contribution in [2.75, 3.05) is 0 Å². The zero-order valence-electron chi connectivity index (χ0n) is 14.6. The molecule has 0 aliphatic heterocycles. The fourth-order valence-corrected chi connectivity index (χ4v) is 10.5. The molecule has 3 fully saturated rings. The normalized spacial score (nSPS) is 25.3. The second-order valence-electron chi connectivity index (χ2n) is 7.50.